The Balaban J connectivity index is 1.41. The number of rotatable bonds is 2. The smallest absolute Gasteiger partial charge is 0.164 e. The van der Waals surface area contributed by atoms with Crippen molar-refractivity contribution in [1.82, 2.24) is 0 Å². The van der Waals surface area contributed by atoms with Crippen molar-refractivity contribution in [3.8, 4) is 0 Å². The van der Waals surface area contributed by atoms with Crippen LogP contribution in [0.25, 0.3) is 6.08 Å². The summed E-state index contributed by atoms with van der Waals surface area (Å²) < 4.78 is 0. The van der Waals surface area contributed by atoms with Crippen LogP contribution in [0, 0.1) is 56.7 Å². The Labute approximate surface area is 232 Å². The summed E-state index contributed by atoms with van der Waals surface area (Å²) >= 11 is 0. The van der Waals surface area contributed by atoms with Gasteiger partial charge >= 0.3 is 0 Å². The quantitative estimate of drug-likeness (QED) is 0.284. The molecule has 9 atom stereocenters. The predicted molar refractivity (Wildman–Crippen MR) is 159 cm³/mol. The first-order chi connectivity index (χ1) is 17.8. The van der Waals surface area contributed by atoms with E-state index in [9.17, 15) is 4.79 Å². The van der Waals surface area contributed by atoms with E-state index in [0.717, 1.165) is 23.8 Å². The van der Waals surface area contributed by atoms with E-state index < -0.39 is 0 Å². The van der Waals surface area contributed by atoms with E-state index in [1.165, 1.54) is 62.5 Å². The van der Waals surface area contributed by atoms with Crippen LogP contribution in [0.2, 0.25) is 0 Å². The lowest BCUT2D eigenvalue weighted by atomic mass is 9.32. The Kier molecular flexibility index (Phi) is 5.90. The molecule has 0 heterocycles. The molecular weight excluding hydrogens is 460 g/mol. The van der Waals surface area contributed by atoms with Crippen molar-refractivity contribution in [1.29, 1.82) is 0 Å². The highest BCUT2D eigenvalue weighted by Crippen LogP contribution is 2.77. The summed E-state index contributed by atoms with van der Waals surface area (Å²) in [4.78, 5) is 14.0. The number of carbonyl (C=O) groups is 1. The largest absolute Gasteiger partial charge is 0.294 e. The lowest BCUT2D eigenvalue weighted by Crippen LogP contribution is -2.66. The average Bonchev–Trinajstić information content (AvgIpc) is 3.21. The Morgan fingerprint density at radius 3 is 2.24 bits per heavy atom. The van der Waals surface area contributed by atoms with Crippen LogP contribution >= 0.6 is 0 Å². The van der Waals surface area contributed by atoms with Crippen LogP contribution in [-0.2, 0) is 4.79 Å². The summed E-state index contributed by atoms with van der Waals surface area (Å²) in [5.41, 5.74) is 4.77. The highest BCUT2D eigenvalue weighted by Gasteiger charge is 2.70. The number of hydrogen-bond acceptors (Lipinski definition) is 1. The van der Waals surface area contributed by atoms with E-state index >= 15 is 0 Å². The van der Waals surface area contributed by atoms with Crippen molar-refractivity contribution in [2.75, 3.05) is 0 Å². The second kappa shape index (κ2) is 8.44. The zero-order valence-corrected chi connectivity index (χ0v) is 25.3. The number of fused-ring (bicyclic) bond motifs is 7. The van der Waals surface area contributed by atoms with Crippen LogP contribution in [0.3, 0.4) is 0 Å². The number of benzene rings is 1. The lowest BCUT2D eigenvalue weighted by molar-refractivity contribution is -0.228. The first-order valence-corrected chi connectivity index (χ1v) is 15.7. The van der Waals surface area contributed by atoms with Gasteiger partial charge in [0.1, 0.15) is 0 Å². The van der Waals surface area contributed by atoms with Gasteiger partial charge in [0.15, 0.2) is 5.78 Å². The second-order valence-electron chi connectivity index (χ2n) is 16.1. The molecule has 0 aromatic heterocycles. The number of carbonyl (C=O) groups excluding carboxylic acids is 1. The van der Waals surface area contributed by atoms with Crippen LogP contribution in [0.5, 0.6) is 0 Å². The van der Waals surface area contributed by atoms with Gasteiger partial charge < -0.3 is 0 Å². The molecule has 0 bridgehead atoms. The molecule has 1 aromatic carbocycles. The highest BCUT2D eigenvalue weighted by atomic mass is 16.1. The van der Waals surface area contributed by atoms with Crippen LogP contribution in [0.1, 0.15) is 112 Å². The minimum atomic E-state index is -0.297. The molecule has 0 spiro atoms. The Bertz CT molecular complexity index is 1170. The number of hydrogen-bond donors (Lipinski definition) is 0. The third-order valence-corrected chi connectivity index (χ3v) is 14.2. The molecule has 5 aliphatic carbocycles. The predicted octanol–water partition coefficient (Wildman–Crippen LogP) is 9.93. The first kappa shape index (κ1) is 26.6. The monoisotopic (exact) mass is 512 g/mol. The van der Waals surface area contributed by atoms with E-state index in [-0.39, 0.29) is 10.8 Å². The summed E-state index contributed by atoms with van der Waals surface area (Å²) in [6.45, 7) is 22.0. The molecule has 1 nitrogen and oxygen atoms in total. The minimum absolute atomic E-state index is 0.170. The third-order valence-electron chi connectivity index (χ3n) is 14.2. The van der Waals surface area contributed by atoms with Gasteiger partial charge in [0, 0.05) is 5.41 Å². The molecule has 5 aliphatic rings. The van der Waals surface area contributed by atoms with Crippen LogP contribution in [0.15, 0.2) is 48.1 Å². The van der Waals surface area contributed by atoms with Gasteiger partial charge in [-0.05, 0) is 133 Å². The van der Waals surface area contributed by atoms with Gasteiger partial charge in [-0.25, -0.2) is 0 Å². The van der Waals surface area contributed by atoms with E-state index in [1.54, 1.807) is 0 Å². The van der Waals surface area contributed by atoms with E-state index in [2.05, 4.69) is 91.5 Å². The maximum absolute atomic E-state index is 14.0. The number of allylic oxidation sites excluding steroid dienone is 2. The molecule has 5 saturated carbocycles. The normalized spacial score (nSPS) is 48.6. The number of Topliss-reactive ketones (excluding diaryl/α,β-unsaturated/α-hetero) is 1. The molecule has 0 N–H and O–H groups in total. The molecule has 1 heteroatoms. The van der Waals surface area contributed by atoms with Gasteiger partial charge in [-0.2, -0.15) is 0 Å². The molecular formula is C37H52O. The maximum Gasteiger partial charge on any atom is 0.164 e. The van der Waals surface area contributed by atoms with E-state index in [4.69, 9.17) is 0 Å². The van der Waals surface area contributed by atoms with Gasteiger partial charge in [0.05, 0.1) is 0 Å². The maximum atomic E-state index is 14.0. The Morgan fingerprint density at radius 1 is 0.842 bits per heavy atom. The first-order valence-electron chi connectivity index (χ1n) is 15.7. The van der Waals surface area contributed by atoms with Gasteiger partial charge in [-0.1, -0.05) is 84.0 Å². The van der Waals surface area contributed by atoms with Crippen LogP contribution < -0.4 is 0 Å². The second-order valence-corrected chi connectivity index (χ2v) is 16.1. The molecule has 38 heavy (non-hydrogen) atoms. The molecule has 6 unspecified atom stereocenters. The molecule has 6 rings (SSSR count). The summed E-state index contributed by atoms with van der Waals surface area (Å²) in [6.07, 6.45) is 13.9. The van der Waals surface area contributed by atoms with Crippen LogP contribution in [-0.4, -0.2) is 5.78 Å². The highest BCUT2D eigenvalue weighted by molar-refractivity contribution is 6.04. The fourth-order valence-corrected chi connectivity index (χ4v) is 12.2. The van der Waals surface area contributed by atoms with Gasteiger partial charge in [-0.15, -0.1) is 0 Å². The Hall–Kier alpha value is -1.63. The molecule has 0 radical (unpaired) electrons. The molecule has 0 saturated heterocycles. The van der Waals surface area contributed by atoms with Gasteiger partial charge in [0.2, 0.25) is 0 Å². The summed E-state index contributed by atoms with van der Waals surface area (Å²) in [5, 5.41) is 0. The fourth-order valence-electron chi connectivity index (χ4n) is 12.2. The third kappa shape index (κ3) is 3.38. The SMILES string of the molecule is C=C(C)C1CCC2(C)CC[C@]3(C)C(CCC4C5(C)C/C(=C/c6ccccc6)C(=O)C(C)(C)[C@@H]5CCC43C)[C@@H]12. The molecule has 0 aliphatic heterocycles. The van der Waals surface area contributed by atoms with Crippen LogP contribution in [0.4, 0.5) is 0 Å². The van der Waals surface area contributed by atoms with Gasteiger partial charge in [-0.3, -0.25) is 4.79 Å². The Morgan fingerprint density at radius 2 is 1.55 bits per heavy atom. The minimum Gasteiger partial charge on any atom is -0.294 e. The zero-order valence-electron chi connectivity index (χ0n) is 25.3. The number of ketones is 1. The van der Waals surface area contributed by atoms with Crippen molar-refractivity contribution in [2.24, 2.45) is 56.7 Å². The standard InChI is InChI=1S/C37H52O/c1-24(2)27-16-18-34(5)20-21-36(7)28(31(27)34)14-15-30-35(6)23-26(22-25-12-10-9-11-13-25)32(38)33(3,4)29(35)17-19-37(30,36)8/h9-13,22,27-31H,1,14-21,23H2,2-8H3/b26-22-/t27?,28?,29-,30?,31+,34?,35?,36+,37?/m0/s1. The van der Waals surface area contributed by atoms with Crippen molar-refractivity contribution < 1.29 is 4.79 Å². The summed E-state index contributed by atoms with van der Waals surface area (Å²) in [7, 11) is 0. The fraction of sp³-hybridized carbons (Fsp3) is 0.703. The molecule has 5 fully saturated rings. The lowest BCUT2D eigenvalue weighted by Gasteiger charge is -2.72. The van der Waals surface area contributed by atoms with Crippen molar-refractivity contribution in [3.63, 3.8) is 0 Å². The van der Waals surface area contributed by atoms with Crippen molar-refractivity contribution in [2.45, 2.75) is 106 Å². The van der Waals surface area contributed by atoms with Gasteiger partial charge in [0.25, 0.3) is 0 Å². The average molecular weight is 513 g/mol. The molecule has 1 aromatic rings. The van der Waals surface area contributed by atoms with Crippen molar-refractivity contribution in [3.05, 3.63) is 53.6 Å². The van der Waals surface area contributed by atoms with E-state index in [0.29, 0.717) is 39.8 Å². The topological polar surface area (TPSA) is 17.1 Å². The molecule has 206 valence electrons. The van der Waals surface area contributed by atoms with E-state index in [1.807, 2.05) is 0 Å². The summed E-state index contributed by atoms with van der Waals surface area (Å²) in [5.74, 6) is 3.87. The zero-order chi connectivity index (χ0) is 27.3. The molecule has 0 amide bonds. The van der Waals surface area contributed by atoms with Crippen molar-refractivity contribution >= 4 is 11.9 Å². The summed E-state index contributed by atoms with van der Waals surface area (Å²) in [6, 6.07) is 10.5.